The highest BCUT2D eigenvalue weighted by Crippen LogP contribution is 2.30. The molecule has 2 amide bonds. The van der Waals surface area contributed by atoms with E-state index in [0.29, 0.717) is 13.2 Å². The molecule has 0 spiro atoms. The summed E-state index contributed by atoms with van der Waals surface area (Å²) in [6, 6.07) is 13.5. The van der Waals surface area contributed by atoms with Crippen LogP contribution in [-0.2, 0) is 30.9 Å². The summed E-state index contributed by atoms with van der Waals surface area (Å²) >= 11 is 0. The van der Waals surface area contributed by atoms with E-state index >= 15 is 0 Å². The maximum Gasteiger partial charge on any atom is 0.407 e. The minimum absolute atomic E-state index is 0.0423. The number of rotatable bonds is 9. The molecule has 1 aliphatic heterocycles. The van der Waals surface area contributed by atoms with E-state index in [9.17, 15) is 18.0 Å². The van der Waals surface area contributed by atoms with Gasteiger partial charge in [-0.15, -0.1) is 0 Å². The van der Waals surface area contributed by atoms with Crippen molar-refractivity contribution in [2.24, 2.45) is 0 Å². The maximum absolute atomic E-state index is 13.1. The summed E-state index contributed by atoms with van der Waals surface area (Å²) in [6.45, 7) is 2.87. The molecule has 1 aliphatic rings. The SMILES string of the molecule is CCOc1ccc(NC(=O)CNC(=O)OCc2ccccc2)cc1S(=O)(=O)N1CCOCC1. The van der Waals surface area contributed by atoms with Gasteiger partial charge in [0.1, 0.15) is 23.8 Å². The number of carbonyl (C=O) groups excluding carboxylic acids is 2. The average Bonchev–Trinajstić information content (AvgIpc) is 2.83. The summed E-state index contributed by atoms with van der Waals surface area (Å²) in [5, 5.41) is 4.95. The molecule has 0 saturated carbocycles. The third-order valence-electron chi connectivity index (χ3n) is 4.72. The van der Waals surface area contributed by atoms with Gasteiger partial charge in [-0.3, -0.25) is 4.79 Å². The Balaban J connectivity index is 1.61. The highest BCUT2D eigenvalue weighted by molar-refractivity contribution is 7.89. The fourth-order valence-corrected chi connectivity index (χ4v) is 4.69. The Morgan fingerprint density at radius 3 is 2.52 bits per heavy atom. The number of nitrogens with one attached hydrogen (secondary N) is 2. The number of carbonyl (C=O) groups is 2. The van der Waals surface area contributed by atoms with Crippen molar-refractivity contribution in [3.63, 3.8) is 0 Å². The number of nitrogens with zero attached hydrogens (tertiary/aromatic N) is 1. The van der Waals surface area contributed by atoms with Gasteiger partial charge in [0.05, 0.1) is 19.8 Å². The van der Waals surface area contributed by atoms with Gasteiger partial charge in [-0.05, 0) is 30.7 Å². The lowest BCUT2D eigenvalue weighted by molar-refractivity contribution is -0.115. The van der Waals surface area contributed by atoms with E-state index in [1.807, 2.05) is 30.3 Å². The lowest BCUT2D eigenvalue weighted by atomic mass is 10.2. The Kier molecular flexibility index (Phi) is 8.64. The molecule has 1 heterocycles. The van der Waals surface area contributed by atoms with Crippen molar-refractivity contribution in [1.29, 1.82) is 0 Å². The molecular formula is C22H27N3O7S. The fourth-order valence-electron chi connectivity index (χ4n) is 3.12. The molecule has 10 nitrogen and oxygen atoms in total. The van der Waals surface area contributed by atoms with Crippen LogP contribution in [0, 0.1) is 0 Å². The third kappa shape index (κ3) is 6.91. The van der Waals surface area contributed by atoms with Crippen LogP contribution in [0.5, 0.6) is 5.75 Å². The van der Waals surface area contributed by atoms with E-state index in [0.717, 1.165) is 5.56 Å². The molecule has 33 heavy (non-hydrogen) atoms. The number of ether oxygens (including phenoxy) is 3. The second-order valence-corrected chi connectivity index (χ2v) is 8.98. The Hall–Kier alpha value is -3.15. The number of morpholine rings is 1. The Morgan fingerprint density at radius 1 is 1.09 bits per heavy atom. The summed E-state index contributed by atoms with van der Waals surface area (Å²) in [4.78, 5) is 24.1. The van der Waals surface area contributed by atoms with Crippen LogP contribution in [0.25, 0.3) is 0 Å². The van der Waals surface area contributed by atoms with Crippen molar-refractivity contribution in [2.75, 3.05) is 44.8 Å². The summed E-state index contributed by atoms with van der Waals surface area (Å²) in [5.41, 5.74) is 1.08. The Bertz CT molecular complexity index is 1050. The van der Waals surface area contributed by atoms with E-state index in [1.165, 1.54) is 22.5 Å². The molecule has 0 aromatic heterocycles. The summed E-state index contributed by atoms with van der Waals surface area (Å²) in [5.74, 6) is -0.338. The zero-order chi connectivity index (χ0) is 23.7. The van der Waals surface area contributed by atoms with Crippen LogP contribution in [0.2, 0.25) is 0 Å². The van der Waals surface area contributed by atoms with Gasteiger partial charge in [0.2, 0.25) is 15.9 Å². The smallest absolute Gasteiger partial charge is 0.407 e. The van der Waals surface area contributed by atoms with Gasteiger partial charge in [-0.25, -0.2) is 13.2 Å². The van der Waals surface area contributed by atoms with Crippen molar-refractivity contribution in [3.8, 4) is 5.75 Å². The standard InChI is InChI=1S/C22H27N3O7S/c1-2-31-19-9-8-18(14-20(19)33(28,29)25-10-12-30-13-11-25)24-21(26)15-23-22(27)32-16-17-6-4-3-5-7-17/h3-9,14H,2,10-13,15-16H2,1H3,(H,23,27)(H,24,26). The zero-order valence-corrected chi connectivity index (χ0v) is 19.1. The zero-order valence-electron chi connectivity index (χ0n) is 18.3. The molecule has 2 aromatic carbocycles. The van der Waals surface area contributed by atoms with E-state index in [2.05, 4.69) is 10.6 Å². The normalized spacial score (nSPS) is 14.3. The quantitative estimate of drug-likeness (QED) is 0.566. The second-order valence-electron chi connectivity index (χ2n) is 7.07. The van der Waals surface area contributed by atoms with Gasteiger partial charge >= 0.3 is 6.09 Å². The van der Waals surface area contributed by atoms with E-state index in [-0.39, 0.29) is 49.2 Å². The van der Waals surface area contributed by atoms with Gasteiger partial charge in [0.25, 0.3) is 0 Å². The predicted molar refractivity (Wildman–Crippen MR) is 120 cm³/mol. The molecule has 0 atom stereocenters. The minimum Gasteiger partial charge on any atom is -0.492 e. The Labute approximate surface area is 192 Å². The molecule has 0 aliphatic carbocycles. The van der Waals surface area contributed by atoms with Crippen molar-refractivity contribution < 1.29 is 32.2 Å². The number of alkyl carbamates (subject to hydrolysis) is 1. The van der Waals surface area contributed by atoms with Crippen LogP contribution in [0.4, 0.5) is 10.5 Å². The number of hydrogen-bond acceptors (Lipinski definition) is 7. The topological polar surface area (TPSA) is 123 Å². The summed E-state index contributed by atoms with van der Waals surface area (Å²) < 4.78 is 43.4. The van der Waals surface area contributed by atoms with Gasteiger partial charge in [-0.2, -0.15) is 4.31 Å². The van der Waals surface area contributed by atoms with Gasteiger partial charge in [-0.1, -0.05) is 30.3 Å². The number of benzene rings is 2. The molecule has 3 rings (SSSR count). The van der Waals surface area contributed by atoms with Gasteiger partial charge in [0.15, 0.2) is 0 Å². The van der Waals surface area contributed by atoms with Crippen LogP contribution in [0.15, 0.2) is 53.4 Å². The molecule has 11 heteroatoms. The average molecular weight is 478 g/mol. The van der Waals surface area contributed by atoms with Gasteiger partial charge < -0.3 is 24.8 Å². The molecular weight excluding hydrogens is 450 g/mol. The summed E-state index contributed by atoms with van der Waals surface area (Å²) in [7, 11) is -3.85. The lowest BCUT2D eigenvalue weighted by Crippen LogP contribution is -2.40. The third-order valence-corrected chi connectivity index (χ3v) is 6.64. The van der Waals surface area contributed by atoms with E-state index in [1.54, 1.807) is 6.92 Å². The van der Waals surface area contributed by atoms with E-state index in [4.69, 9.17) is 14.2 Å². The highest BCUT2D eigenvalue weighted by atomic mass is 32.2. The van der Waals surface area contributed by atoms with E-state index < -0.39 is 22.0 Å². The maximum atomic E-state index is 13.1. The molecule has 2 N–H and O–H groups in total. The van der Waals surface area contributed by atoms with Crippen LogP contribution < -0.4 is 15.4 Å². The van der Waals surface area contributed by atoms with Crippen molar-refractivity contribution in [2.45, 2.75) is 18.4 Å². The Morgan fingerprint density at radius 2 is 1.82 bits per heavy atom. The first-order valence-electron chi connectivity index (χ1n) is 10.5. The largest absolute Gasteiger partial charge is 0.492 e. The number of sulfonamides is 1. The molecule has 1 saturated heterocycles. The van der Waals surface area contributed by atoms with Crippen molar-refractivity contribution in [3.05, 3.63) is 54.1 Å². The fraction of sp³-hybridized carbons (Fsp3) is 0.364. The monoisotopic (exact) mass is 477 g/mol. The first-order chi connectivity index (χ1) is 15.9. The van der Waals surface area contributed by atoms with Crippen molar-refractivity contribution >= 4 is 27.7 Å². The van der Waals surface area contributed by atoms with Crippen LogP contribution >= 0.6 is 0 Å². The van der Waals surface area contributed by atoms with Gasteiger partial charge in [0, 0.05) is 18.8 Å². The van der Waals surface area contributed by atoms with Crippen molar-refractivity contribution in [1.82, 2.24) is 9.62 Å². The number of amides is 2. The molecule has 0 unspecified atom stereocenters. The lowest BCUT2D eigenvalue weighted by Gasteiger charge is -2.27. The number of anilines is 1. The number of hydrogen-bond donors (Lipinski definition) is 2. The molecule has 178 valence electrons. The molecule has 0 bridgehead atoms. The first-order valence-corrected chi connectivity index (χ1v) is 11.9. The summed E-state index contributed by atoms with van der Waals surface area (Å²) in [6.07, 6.45) is -0.740. The highest BCUT2D eigenvalue weighted by Gasteiger charge is 2.29. The van der Waals surface area contributed by atoms with Crippen LogP contribution in [-0.4, -0.2) is 64.2 Å². The second kappa shape index (κ2) is 11.6. The van der Waals surface area contributed by atoms with Crippen LogP contribution in [0.3, 0.4) is 0 Å². The molecule has 0 radical (unpaired) electrons. The molecule has 1 fully saturated rings. The molecule has 2 aromatic rings. The minimum atomic E-state index is -3.85. The predicted octanol–water partition coefficient (Wildman–Crippen LogP) is 1.97. The van der Waals surface area contributed by atoms with Crippen LogP contribution in [0.1, 0.15) is 12.5 Å². The first kappa shape index (κ1) is 24.5.